The number of hydrogen-bond donors (Lipinski definition) is 2. The van der Waals surface area contributed by atoms with Gasteiger partial charge in [-0.05, 0) is 69.0 Å². The summed E-state index contributed by atoms with van der Waals surface area (Å²) in [5.74, 6) is -0.0218. The smallest absolute Gasteiger partial charge is 0.273 e. The minimum Gasteiger partial charge on any atom is -0.369 e. The molecule has 34 heavy (non-hydrogen) atoms. The van der Waals surface area contributed by atoms with Crippen molar-refractivity contribution in [2.75, 3.05) is 44.2 Å². The third kappa shape index (κ3) is 5.33. The van der Waals surface area contributed by atoms with Gasteiger partial charge in [0.2, 0.25) is 5.91 Å². The highest BCUT2D eigenvalue weighted by atomic mass is 16.1. The predicted octanol–water partition coefficient (Wildman–Crippen LogP) is 2.45. The first kappa shape index (κ1) is 24.0. The maximum absolute atomic E-state index is 12.6. The normalized spacial score (nSPS) is 14.6. The number of unbranched alkanes of at least 4 members (excludes halogenated alkanes) is 1. The van der Waals surface area contributed by atoms with Gasteiger partial charge in [0.25, 0.3) is 5.56 Å². The number of aromatic amines is 1. The first-order valence-electron chi connectivity index (χ1n) is 12.2. The zero-order valence-corrected chi connectivity index (χ0v) is 20.8. The van der Waals surface area contributed by atoms with Crippen molar-refractivity contribution in [1.29, 1.82) is 0 Å². The van der Waals surface area contributed by atoms with E-state index in [-0.39, 0.29) is 17.9 Å². The van der Waals surface area contributed by atoms with Crippen LogP contribution in [0.5, 0.6) is 0 Å². The number of nitrogens with one attached hydrogen (secondary N) is 2. The Morgan fingerprint density at radius 1 is 1.12 bits per heavy atom. The minimum absolute atomic E-state index is 0.0218. The summed E-state index contributed by atoms with van der Waals surface area (Å²) in [6.45, 7) is 11.9. The molecule has 0 bridgehead atoms. The molecule has 4 rings (SSSR count). The molecule has 1 aliphatic heterocycles. The molecular formula is C26H36N6O2. The maximum Gasteiger partial charge on any atom is 0.273 e. The molecule has 182 valence electrons. The molecule has 1 aromatic carbocycles. The lowest BCUT2D eigenvalue weighted by Gasteiger charge is -2.36. The number of rotatable bonds is 8. The van der Waals surface area contributed by atoms with Crippen LogP contribution in [0.15, 0.2) is 29.1 Å². The number of carbonyl (C=O) groups is 1. The largest absolute Gasteiger partial charge is 0.369 e. The van der Waals surface area contributed by atoms with E-state index in [1.165, 1.54) is 11.3 Å². The molecule has 2 aromatic heterocycles. The number of amides is 1. The molecule has 0 unspecified atom stereocenters. The Balaban J connectivity index is 1.19. The number of aryl methyl sites for hydroxylation is 4. The number of benzene rings is 1. The Bertz CT molecular complexity index is 1220. The number of fused-ring (bicyclic) bond motifs is 1. The van der Waals surface area contributed by atoms with E-state index in [4.69, 9.17) is 0 Å². The molecule has 0 atom stereocenters. The third-order valence-corrected chi connectivity index (χ3v) is 6.88. The average molecular weight is 465 g/mol. The van der Waals surface area contributed by atoms with Crippen molar-refractivity contribution >= 4 is 22.6 Å². The predicted molar refractivity (Wildman–Crippen MR) is 137 cm³/mol. The van der Waals surface area contributed by atoms with Gasteiger partial charge in [0, 0.05) is 51.2 Å². The molecular weight excluding hydrogens is 428 g/mol. The van der Waals surface area contributed by atoms with Crippen LogP contribution in [0.3, 0.4) is 0 Å². The lowest BCUT2D eigenvalue weighted by Crippen LogP contribution is -2.46. The summed E-state index contributed by atoms with van der Waals surface area (Å²) >= 11 is 0. The summed E-state index contributed by atoms with van der Waals surface area (Å²) in [5.41, 5.74) is 5.56. The summed E-state index contributed by atoms with van der Waals surface area (Å²) < 4.78 is 1.63. The van der Waals surface area contributed by atoms with Crippen molar-refractivity contribution in [2.24, 2.45) is 7.05 Å². The highest BCUT2D eigenvalue weighted by Gasteiger charge is 2.18. The fourth-order valence-corrected chi connectivity index (χ4v) is 4.87. The van der Waals surface area contributed by atoms with Gasteiger partial charge >= 0.3 is 0 Å². The van der Waals surface area contributed by atoms with E-state index >= 15 is 0 Å². The van der Waals surface area contributed by atoms with Gasteiger partial charge in [-0.3, -0.25) is 24.3 Å². The summed E-state index contributed by atoms with van der Waals surface area (Å²) in [4.78, 5) is 34.3. The topological polar surface area (TPSA) is 86.3 Å². The lowest BCUT2D eigenvalue weighted by molar-refractivity contribution is -0.120. The Hall–Kier alpha value is -3.13. The van der Waals surface area contributed by atoms with Crippen LogP contribution >= 0.6 is 0 Å². The van der Waals surface area contributed by atoms with Crippen LogP contribution in [0.2, 0.25) is 0 Å². The van der Waals surface area contributed by atoms with Crippen LogP contribution in [0.25, 0.3) is 11.0 Å². The molecule has 1 amide bonds. The number of hydrogen-bond acceptors (Lipinski definition) is 5. The number of H-pyrrole nitrogens is 1. The van der Waals surface area contributed by atoms with Crippen molar-refractivity contribution in [3.05, 3.63) is 57.0 Å². The van der Waals surface area contributed by atoms with Crippen LogP contribution in [0, 0.1) is 20.8 Å². The first-order chi connectivity index (χ1) is 16.3. The number of nitrogens with zero attached hydrogens (tertiary/aromatic N) is 4. The molecule has 3 heterocycles. The van der Waals surface area contributed by atoms with Crippen LogP contribution < -0.4 is 15.8 Å². The second-order valence-corrected chi connectivity index (χ2v) is 9.40. The fourth-order valence-electron chi connectivity index (χ4n) is 4.87. The Morgan fingerprint density at radius 2 is 1.88 bits per heavy atom. The Labute approximate surface area is 200 Å². The van der Waals surface area contributed by atoms with E-state index in [9.17, 15) is 9.59 Å². The van der Waals surface area contributed by atoms with Crippen molar-refractivity contribution in [3.8, 4) is 0 Å². The zero-order valence-electron chi connectivity index (χ0n) is 20.8. The van der Waals surface area contributed by atoms with E-state index in [0.717, 1.165) is 62.4 Å². The van der Waals surface area contributed by atoms with Gasteiger partial charge < -0.3 is 10.2 Å². The quantitative estimate of drug-likeness (QED) is 0.500. The summed E-state index contributed by atoms with van der Waals surface area (Å²) in [7, 11) is 1.77. The summed E-state index contributed by atoms with van der Waals surface area (Å²) in [5, 5.41) is 6.35. The Morgan fingerprint density at radius 3 is 2.62 bits per heavy atom. The molecule has 8 heteroatoms. The van der Waals surface area contributed by atoms with Gasteiger partial charge in [-0.2, -0.15) is 0 Å². The van der Waals surface area contributed by atoms with E-state index in [2.05, 4.69) is 56.4 Å². The number of carbonyl (C=O) groups excluding carboxylic acids is 1. The van der Waals surface area contributed by atoms with Crippen LogP contribution in [0.4, 0.5) is 5.69 Å². The van der Waals surface area contributed by atoms with Crippen molar-refractivity contribution in [3.63, 3.8) is 0 Å². The van der Waals surface area contributed by atoms with Crippen molar-refractivity contribution in [1.82, 2.24) is 25.0 Å². The molecule has 8 nitrogen and oxygen atoms in total. The molecule has 0 spiro atoms. The van der Waals surface area contributed by atoms with E-state index in [1.54, 1.807) is 11.7 Å². The number of aromatic nitrogens is 3. The summed E-state index contributed by atoms with van der Waals surface area (Å²) in [6, 6.07) is 8.72. The molecule has 1 saturated heterocycles. The Kier molecular flexibility index (Phi) is 7.36. The first-order valence-corrected chi connectivity index (χ1v) is 12.2. The molecule has 0 aliphatic carbocycles. The van der Waals surface area contributed by atoms with Gasteiger partial charge in [-0.15, -0.1) is 0 Å². The molecule has 3 aromatic rings. The average Bonchev–Trinajstić information content (AvgIpc) is 3.09. The van der Waals surface area contributed by atoms with Crippen molar-refractivity contribution in [2.45, 2.75) is 40.0 Å². The van der Waals surface area contributed by atoms with Gasteiger partial charge in [-0.1, -0.05) is 12.1 Å². The van der Waals surface area contributed by atoms with Crippen molar-refractivity contribution < 1.29 is 4.79 Å². The summed E-state index contributed by atoms with van der Waals surface area (Å²) in [6.07, 6.45) is 2.27. The second kappa shape index (κ2) is 10.4. The van der Waals surface area contributed by atoms with Crippen LogP contribution in [-0.2, 0) is 18.3 Å². The molecule has 1 aliphatic rings. The van der Waals surface area contributed by atoms with Gasteiger partial charge in [0.05, 0.1) is 11.8 Å². The zero-order chi connectivity index (χ0) is 24.2. The number of anilines is 1. The van der Waals surface area contributed by atoms with Gasteiger partial charge in [0.1, 0.15) is 0 Å². The fraction of sp³-hybridized carbons (Fsp3) is 0.500. The minimum atomic E-state index is -0.163. The lowest BCUT2D eigenvalue weighted by atomic mass is 10.0. The highest BCUT2D eigenvalue weighted by Crippen LogP contribution is 2.20. The standard InChI is InChI=1S/C26H36N6O2/c1-18-8-7-9-21(16-18)32-14-12-31(13-15-32)11-6-5-10-27-23(33)17-22-19(2)24-25(28-20(22)3)30(4)29-26(24)34/h7-9,16H,5-6,10-15,17H2,1-4H3,(H,27,33)(H,29,34). The van der Waals surface area contributed by atoms with E-state index in [1.807, 2.05) is 13.8 Å². The van der Waals surface area contributed by atoms with Crippen LogP contribution in [-0.4, -0.2) is 64.8 Å². The number of pyridine rings is 1. The molecule has 2 N–H and O–H groups in total. The monoisotopic (exact) mass is 464 g/mol. The highest BCUT2D eigenvalue weighted by molar-refractivity contribution is 5.84. The molecule has 0 saturated carbocycles. The van der Waals surface area contributed by atoms with E-state index < -0.39 is 0 Å². The molecule has 1 fully saturated rings. The third-order valence-electron chi connectivity index (χ3n) is 6.88. The van der Waals surface area contributed by atoms with Gasteiger partial charge in [-0.25, -0.2) is 4.98 Å². The maximum atomic E-state index is 12.6. The number of piperazine rings is 1. The van der Waals surface area contributed by atoms with Crippen LogP contribution in [0.1, 0.15) is 35.2 Å². The molecule has 0 radical (unpaired) electrons. The van der Waals surface area contributed by atoms with Gasteiger partial charge in [0.15, 0.2) is 5.65 Å². The second-order valence-electron chi connectivity index (χ2n) is 9.40. The SMILES string of the molecule is Cc1cccc(N2CCN(CCCCNC(=O)Cc3c(C)nc4c(c3C)c(=O)[nH]n4C)CC2)c1. The van der Waals surface area contributed by atoms with E-state index in [0.29, 0.717) is 17.6 Å².